The average molecular weight is 86.1 g/mol. The molecule has 4 heteroatoms. The summed E-state index contributed by atoms with van der Waals surface area (Å²) in [5, 5.41) is 5.99. The Morgan fingerprint density at radius 2 is 2.33 bits per heavy atom. The molecule has 0 saturated carbocycles. The maximum absolute atomic E-state index is 3.56. The third-order valence-corrected chi connectivity index (χ3v) is 0.331. The third kappa shape index (κ3) is 0.813. The van der Waals surface area contributed by atoms with Crippen molar-refractivity contribution in [3.8, 4) is 0 Å². The molecule has 6 heavy (non-hydrogen) atoms. The number of hydrogen-bond donors (Lipinski definition) is 2. The van der Waals surface area contributed by atoms with Crippen LogP contribution in [0.1, 0.15) is 0 Å². The van der Waals surface area contributed by atoms with E-state index in [2.05, 4.69) is 15.2 Å². The SMILES string of the molecule is N.c1nc[nH]n1. The predicted molar refractivity (Wildman–Crippen MR) is 21.4 cm³/mol. The summed E-state index contributed by atoms with van der Waals surface area (Å²) in [6.45, 7) is 0. The van der Waals surface area contributed by atoms with E-state index in [-0.39, 0.29) is 6.15 Å². The molecule has 0 radical (unpaired) electrons. The Bertz CT molecular complexity index is 62.0. The molecule has 4 nitrogen and oxygen atoms in total. The minimum absolute atomic E-state index is 0. The van der Waals surface area contributed by atoms with Crippen molar-refractivity contribution in [1.82, 2.24) is 21.3 Å². The van der Waals surface area contributed by atoms with Crippen molar-refractivity contribution in [3.05, 3.63) is 12.7 Å². The van der Waals surface area contributed by atoms with Gasteiger partial charge in [-0.25, -0.2) is 4.98 Å². The van der Waals surface area contributed by atoms with Crippen LogP contribution in [-0.2, 0) is 0 Å². The summed E-state index contributed by atoms with van der Waals surface area (Å²) >= 11 is 0. The summed E-state index contributed by atoms with van der Waals surface area (Å²) < 4.78 is 0. The Morgan fingerprint density at radius 1 is 1.50 bits per heavy atom. The molecule has 4 N–H and O–H groups in total. The summed E-state index contributed by atoms with van der Waals surface area (Å²) in [5.41, 5.74) is 0. The second kappa shape index (κ2) is 2.34. The van der Waals surface area contributed by atoms with Gasteiger partial charge in [0.25, 0.3) is 0 Å². The van der Waals surface area contributed by atoms with Crippen LogP contribution in [0.5, 0.6) is 0 Å². The first-order chi connectivity index (χ1) is 2.50. The molecule has 0 aliphatic heterocycles. The largest absolute Gasteiger partial charge is 0.344 e. The van der Waals surface area contributed by atoms with Gasteiger partial charge in [-0.2, -0.15) is 5.10 Å². The summed E-state index contributed by atoms with van der Waals surface area (Å²) in [5.74, 6) is 0. The number of nitrogens with one attached hydrogen (secondary N) is 1. The van der Waals surface area contributed by atoms with Crippen LogP contribution >= 0.6 is 0 Å². The lowest BCUT2D eigenvalue weighted by molar-refractivity contribution is 1.09. The quantitative estimate of drug-likeness (QED) is 0.465. The summed E-state index contributed by atoms with van der Waals surface area (Å²) in [7, 11) is 0. The van der Waals surface area contributed by atoms with Crippen LogP contribution in [0.25, 0.3) is 0 Å². The number of nitrogens with zero attached hydrogens (tertiary/aromatic N) is 2. The fourth-order valence-electron chi connectivity index (χ4n) is 0.167. The minimum Gasteiger partial charge on any atom is -0.344 e. The Balaban J connectivity index is 0.000000250. The highest BCUT2D eigenvalue weighted by Crippen LogP contribution is 1.53. The van der Waals surface area contributed by atoms with Crippen molar-refractivity contribution in [2.75, 3.05) is 0 Å². The van der Waals surface area contributed by atoms with Gasteiger partial charge in [0.2, 0.25) is 0 Å². The number of aromatic amines is 1. The summed E-state index contributed by atoms with van der Waals surface area (Å²) in [4.78, 5) is 3.56. The van der Waals surface area contributed by atoms with Crippen LogP contribution in [0, 0.1) is 0 Å². The first-order valence-corrected chi connectivity index (χ1v) is 1.29. The molecule has 1 rings (SSSR count). The smallest absolute Gasteiger partial charge is 0.137 e. The first kappa shape index (κ1) is 5.10. The highest BCUT2D eigenvalue weighted by Gasteiger charge is 1.57. The normalized spacial score (nSPS) is 6.67. The van der Waals surface area contributed by atoms with Gasteiger partial charge in [-0.15, -0.1) is 0 Å². The van der Waals surface area contributed by atoms with Crippen molar-refractivity contribution in [2.45, 2.75) is 0 Å². The van der Waals surface area contributed by atoms with E-state index in [9.17, 15) is 0 Å². The zero-order valence-corrected chi connectivity index (χ0v) is 3.26. The minimum atomic E-state index is 0. The van der Waals surface area contributed by atoms with Crippen molar-refractivity contribution in [3.63, 3.8) is 0 Å². The van der Waals surface area contributed by atoms with Gasteiger partial charge in [-0.05, 0) is 0 Å². The van der Waals surface area contributed by atoms with Crippen LogP contribution < -0.4 is 6.15 Å². The molecule has 1 aromatic heterocycles. The van der Waals surface area contributed by atoms with Crippen molar-refractivity contribution < 1.29 is 0 Å². The third-order valence-electron chi connectivity index (χ3n) is 0.331. The van der Waals surface area contributed by atoms with Crippen LogP contribution in [-0.4, -0.2) is 15.2 Å². The van der Waals surface area contributed by atoms with Gasteiger partial charge >= 0.3 is 0 Å². The zero-order chi connectivity index (χ0) is 3.54. The van der Waals surface area contributed by atoms with Gasteiger partial charge in [0.1, 0.15) is 12.7 Å². The molecule has 1 heterocycles. The molecule has 0 aromatic carbocycles. The second-order valence-corrected chi connectivity index (χ2v) is 0.652. The topological polar surface area (TPSA) is 76.6 Å². The Kier molecular flexibility index (Phi) is 1.99. The van der Waals surface area contributed by atoms with Crippen molar-refractivity contribution >= 4 is 0 Å². The van der Waals surface area contributed by atoms with E-state index in [1.807, 2.05) is 0 Å². The lowest BCUT2D eigenvalue weighted by atomic mass is 11.3. The molecule has 0 bridgehead atoms. The molecule has 0 aliphatic rings. The van der Waals surface area contributed by atoms with Gasteiger partial charge in [-0.1, -0.05) is 0 Å². The number of rotatable bonds is 0. The van der Waals surface area contributed by atoms with Crippen molar-refractivity contribution in [2.24, 2.45) is 0 Å². The van der Waals surface area contributed by atoms with Gasteiger partial charge in [0.05, 0.1) is 0 Å². The highest BCUT2D eigenvalue weighted by atomic mass is 15.2. The van der Waals surface area contributed by atoms with E-state index in [4.69, 9.17) is 0 Å². The Hall–Kier alpha value is -0.900. The maximum Gasteiger partial charge on any atom is 0.137 e. The van der Waals surface area contributed by atoms with Crippen LogP contribution in [0.15, 0.2) is 12.7 Å². The maximum atomic E-state index is 3.56. The number of aromatic nitrogens is 3. The van der Waals surface area contributed by atoms with Crippen LogP contribution in [0.4, 0.5) is 0 Å². The second-order valence-electron chi connectivity index (χ2n) is 0.652. The summed E-state index contributed by atoms with van der Waals surface area (Å²) in [6, 6.07) is 0. The predicted octanol–water partition coefficient (Wildman–Crippen LogP) is -0.0333. The van der Waals surface area contributed by atoms with Crippen LogP contribution in [0.2, 0.25) is 0 Å². The molecular formula is C2H6N4. The van der Waals surface area contributed by atoms with Crippen LogP contribution in [0.3, 0.4) is 0 Å². The summed E-state index contributed by atoms with van der Waals surface area (Å²) in [6.07, 6.45) is 2.96. The van der Waals surface area contributed by atoms with E-state index >= 15 is 0 Å². The lowest BCUT2D eigenvalue weighted by Gasteiger charge is -1.46. The molecule has 0 saturated heterocycles. The molecule has 0 unspecified atom stereocenters. The molecular weight excluding hydrogens is 80.1 g/mol. The van der Waals surface area contributed by atoms with E-state index < -0.39 is 0 Å². The molecule has 34 valence electrons. The molecule has 0 amide bonds. The van der Waals surface area contributed by atoms with E-state index in [0.29, 0.717) is 0 Å². The first-order valence-electron chi connectivity index (χ1n) is 1.29. The fraction of sp³-hybridized carbons (Fsp3) is 0. The van der Waals surface area contributed by atoms with E-state index in [1.54, 1.807) is 0 Å². The lowest BCUT2D eigenvalue weighted by Crippen LogP contribution is -1.53. The fourth-order valence-corrected chi connectivity index (χ4v) is 0.167. The molecule has 1 aromatic rings. The van der Waals surface area contributed by atoms with E-state index in [0.717, 1.165) is 0 Å². The molecule has 0 fully saturated rings. The highest BCUT2D eigenvalue weighted by molar-refractivity contribution is 4.43. The van der Waals surface area contributed by atoms with Gasteiger partial charge in [-0.3, -0.25) is 5.10 Å². The van der Waals surface area contributed by atoms with Crippen molar-refractivity contribution in [1.29, 1.82) is 0 Å². The monoisotopic (exact) mass is 86.1 g/mol. The Morgan fingerprint density at radius 3 is 2.50 bits per heavy atom. The number of hydrogen-bond acceptors (Lipinski definition) is 3. The van der Waals surface area contributed by atoms with E-state index in [1.165, 1.54) is 12.7 Å². The molecule has 0 atom stereocenters. The van der Waals surface area contributed by atoms with Gasteiger partial charge in [0, 0.05) is 0 Å². The number of H-pyrrole nitrogens is 1. The van der Waals surface area contributed by atoms with Gasteiger partial charge < -0.3 is 6.15 Å². The average Bonchev–Trinajstić information content (AvgIpc) is 1.76. The molecule has 0 spiro atoms. The molecule has 0 aliphatic carbocycles. The zero-order valence-electron chi connectivity index (χ0n) is 3.26. The van der Waals surface area contributed by atoms with Gasteiger partial charge in [0.15, 0.2) is 0 Å². The Labute approximate surface area is 35.2 Å². The standard InChI is InChI=1S/C2H3N3.H3N/c1-3-2-5-4-1;/h1-2H,(H,3,4,5);1H3.